The largest absolute Gasteiger partial charge is 0.338 e. The van der Waals surface area contributed by atoms with Gasteiger partial charge < -0.3 is 9.47 Å². The SMILES string of the molecule is Cn1cncc1CCC(=O)N1CCCCCC1/C=C/c1cccs1. The molecule has 1 aliphatic rings. The van der Waals surface area contributed by atoms with Crippen LogP contribution in [0.2, 0.25) is 0 Å². The van der Waals surface area contributed by atoms with Gasteiger partial charge >= 0.3 is 0 Å². The topological polar surface area (TPSA) is 38.1 Å². The van der Waals surface area contributed by atoms with Gasteiger partial charge in [-0.1, -0.05) is 25.0 Å². The second-order valence-corrected chi connectivity index (χ2v) is 7.35. The number of rotatable bonds is 5. The predicted molar refractivity (Wildman–Crippen MR) is 98.9 cm³/mol. The number of carbonyl (C=O) groups excluding carboxylic acids is 1. The average molecular weight is 343 g/mol. The van der Waals surface area contributed by atoms with Crippen LogP contribution in [0.4, 0.5) is 0 Å². The Hall–Kier alpha value is -1.88. The minimum absolute atomic E-state index is 0.230. The lowest BCUT2D eigenvalue weighted by Gasteiger charge is -2.28. The fourth-order valence-electron chi connectivity index (χ4n) is 3.24. The van der Waals surface area contributed by atoms with E-state index in [1.54, 1.807) is 17.7 Å². The number of likely N-dealkylation sites (tertiary alicyclic amines) is 1. The van der Waals surface area contributed by atoms with Gasteiger partial charge in [0.2, 0.25) is 5.91 Å². The highest BCUT2D eigenvalue weighted by Crippen LogP contribution is 2.21. The van der Waals surface area contributed by atoms with E-state index in [0.717, 1.165) is 31.5 Å². The van der Waals surface area contributed by atoms with Gasteiger partial charge in [-0.25, -0.2) is 4.98 Å². The lowest BCUT2D eigenvalue weighted by atomic mass is 10.1. The van der Waals surface area contributed by atoms with E-state index in [9.17, 15) is 4.79 Å². The van der Waals surface area contributed by atoms with Gasteiger partial charge in [-0.3, -0.25) is 4.79 Å². The van der Waals surface area contributed by atoms with Crippen molar-refractivity contribution in [2.24, 2.45) is 7.05 Å². The molecule has 1 unspecified atom stereocenters. The van der Waals surface area contributed by atoms with E-state index in [2.05, 4.69) is 39.5 Å². The molecular weight excluding hydrogens is 318 g/mol. The van der Waals surface area contributed by atoms with E-state index >= 15 is 0 Å². The van der Waals surface area contributed by atoms with Gasteiger partial charge in [0.15, 0.2) is 0 Å². The molecule has 3 rings (SSSR count). The highest BCUT2D eigenvalue weighted by Gasteiger charge is 2.23. The van der Waals surface area contributed by atoms with Crippen molar-refractivity contribution < 1.29 is 4.79 Å². The van der Waals surface area contributed by atoms with E-state index in [1.165, 1.54) is 17.7 Å². The third-order valence-corrected chi connectivity index (χ3v) is 5.49. The summed E-state index contributed by atoms with van der Waals surface area (Å²) in [5.41, 5.74) is 1.11. The minimum Gasteiger partial charge on any atom is -0.338 e. The van der Waals surface area contributed by atoms with Crippen molar-refractivity contribution in [1.29, 1.82) is 0 Å². The molecule has 5 heteroatoms. The van der Waals surface area contributed by atoms with Crippen LogP contribution in [0.1, 0.15) is 42.7 Å². The number of aryl methyl sites for hydroxylation is 2. The molecule has 24 heavy (non-hydrogen) atoms. The van der Waals surface area contributed by atoms with Gasteiger partial charge in [-0.2, -0.15) is 0 Å². The molecule has 0 N–H and O–H groups in total. The highest BCUT2D eigenvalue weighted by atomic mass is 32.1. The summed E-state index contributed by atoms with van der Waals surface area (Å²) in [5.74, 6) is 0.263. The Morgan fingerprint density at radius 2 is 2.33 bits per heavy atom. The van der Waals surface area contributed by atoms with Gasteiger partial charge in [-0.05, 0) is 36.8 Å². The maximum atomic E-state index is 12.8. The summed E-state index contributed by atoms with van der Waals surface area (Å²) < 4.78 is 1.99. The van der Waals surface area contributed by atoms with Crippen molar-refractivity contribution >= 4 is 23.3 Å². The molecule has 4 nitrogen and oxygen atoms in total. The van der Waals surface area contributed by atoms with Crippen LogP contribution < -0.4 is 0 Å². The quantitative estimate of drug-likeness (QED) is 0.826. The standard InChI is InChI=1S/C19H25N3OS/c1-21-15-20-14-17(21)9-11-19(23)22-12-4-2-3-6-16(22)8-10-18-7-5-13-24-18/h5,7-8,10,13-16H,2-4,6,9,11-12H2,1H3/b10-8+. The normalized spacial score (nSPS) is 18.9. The number of amides is 1. The molecular formula is C19H25N3OS. The second-order valence-electron chi connectivity index (χ2n) is 6.37. The molecule has 1 fully saturated rings. The average Bonchev–Trinajstić information content (AvgIpc) is 3.18. The first kappa shape index (κ1) is 17.0. The monoisotopic (exact) mass is 343 g/mol. The van der Waals surface area contributed by atoms with Crippen molar-refractivity contribution in [2.75, 3.05) is 6.54 Å². The molecule has 1 aliphatic heterocycles. The Bertz CT molecular complexity index is 675. The summed E-state index contributed by atoms with van der Waals surface area (Å²) in [6.45, 7) is 0.879. The van der Waals surface area contributed by atoms with E-state index in [4.69, 9.17) is 0 Å². The molecule has 0 saturated carbocycles. The van der Waals surface area contributed by atoms with E-state index in [0.29, 0.717) is 6.42 Å². The van der Waals surface area contributed by atoms with Crippen molar-refractivity contribution in [3.05, 3.63) is 46.7 Å². The molecule has 0 aliphatic carbocycles. The first-order valence-corrected chi connectivity index (χ1v) is 9.58. The Morgan fingerprint density at radius 1 is 1.42 bits per heavy atom. The van der Waals surface area contributed by atoms with Crippen molar-refractivity contribution in [3.63, 3.8) is 0 Å². The lowest BCUT2D eigenvalue weighted by Crippen LogP contribution is -2.39. The van der Waals surface area contributed by atoms with Gasteiger partial charge in [-0.15, -0.1) is 11.3 Å². The van der Waals surface area contributed by atoms with Crippen molar-refractivity contribution in [1.82, 2.24) is 14.5 Å². The van der Waals surface area contributed by atoms with Gasteiger partial charge in [0.25, 0.3) is 0 Å². The van der Waals surface area contributed by atoms with Crippen LogP contribution >= 0.6 is 11.3 Å². The minimum atomic E-state index is 0.230. The third kappa shape index (κ3) is 4.35. The fourth-order valence-corrected chi connectivity index (χ4v) is 3.87. The number of hydrogen-bond donors (Lipinski definition) is 0. The van der Waals surface area contributed by atoms with Crippen LogP contribution in [0.5, 0.6) is 0 Å². The number of nitrogens with zero attached hydrogens (tertiary/aromatic N) is 3. The number of aromatic nitrogens is 2. The summed E-state index contributed by atoms with van der Waals surface area (Å²) in [7, 11) is 1.98. The van der Waals surface area contributed by atoms with Crippen LogP contribution in [0.15, 0.2) is 36.1 Å². The Labute approximate surface area is 147 Å². The Balaban J connectivity index is 1.64. The summed E-state index contributed by atoms with van der Waals surface area (Å²) >= 11 is 1.74. The molecule has 2 aromatic rings. The maximum absolute atomic E-state index is 12.8. The molecule has 0 bridgehead atoms. The van der Waals surface area contributed by atoms with Crippen LogP contribution in [-0.2, 0) is 18.3 Å². The summed E-state index contributed by atoms with van der Waals surface area (Å²) in [6, 6.07) is 4.41. The molecule has 0 radical (unpaired) electrons. The first-order valence-electron chi connectivity index (χ1n) is 8.70. The molecule has 2 aromatic heterocycles. The summed E-state index contributed by atoms with van der Waals surface area (Å²) in [4.78, 5) is 20.3. The molecule has 128 valence electrons. The molecule has 3 heterocycles. The smallest absolute Gasteiger partial charge is 0.223 e. The first-order chi connectivity index (χ1) is 11.7. The zero-order chi connectivity index (χ0) is 16.8. The van der Waals surface area contributed by atoms with Crippen molar-refractivity contribution in [2.45, 2.75) is 44.6 Å². The Kier molecular flexibility index (Phi) is 5.86. The summed E-state index contributed by atoms with van der Waals surface area (Å²) in [6.07, 6.45) is 13.9. The third-order valence-electron chi connectivity index (χ3n) is 4.66. The zero-order valence-corrected chi connectivity index (χ0v) is 15.0. The number of carbonyl (C=O) groups is 1. The molecule has 0 aromatic carbocycles. The fraction of sp³-hybridized carbons (Fsp3) is 0.474. The summed E-state index contributed by atoms with van der Waals surface area (Å²) in [5, 5.41) is 2.09. The maximum Gasteiger partial charge on any atom is 0.223 e. The molecule has 1 saturated heterocycles. The molecule has 1 amide bonds. The number of hydrogen-bond acceptors (Lipinski definition) is 3. The van der Waals surface area contributed by atoms with Gasteiger partial charge in [0, 0.05) is 36.8 Å². The van der Waals surface area contributed by atoms with E-state index in [1.807, 2.05) is 17.8 Å². The van der Waals surface area contributed by atoms with Crippen LogP contribution in [0.25, 0.3) is 6.08 Å². The van der Waals surface area contributed by atoms with Crippen molar-refractivity contribution in [3.8, 4) is 0 Å². The van der Waals surface area contributed by atoms with Crippen LogP contribution in [0.3, 0.4) is 0 Å². The second kappa shape index (κ2) is 8.29. The number of imidazole rings is 1. The zero-order valence-electron chi connectivity index (χ0n) is 14.2. The van der Waals surface area contributed by atoms with E-state index < -0.39 is 0 Å². The highest BCUT2D eigenvalue weighted by molar-refractivity contribution is 7.10. The van der Waals surface area contributed by atoms with Crippen LogP contribution in [0, 0.1) is 0 Å². The van der Waals surface area contributed by atoms with Gasteiger partial charge in [0.05, 0.1) is 12.4 Å². The van der Waals surface area contributed by atoms with Crippen LogP contribution in [-0.4, -0.2) is 32.9 Å². The predicted octanol–water partition coefficient (Wildman–Crippen LogP) is 3.90. The van der Waals surface area contributed by atoms with E-state index in [-0.39, 0.29) is 11.9 Å². The number of thiophene rings is 1. The van der Waals surface area contributed by atoms with Gasteiger partial charge in [0.1, 0.15) is 0 Å². The molecule has 1 atom stereocenters. The Morgan fingerprint density at radius 3 is 3.08 bits per heavy atom. The molecule has 0 spiro atoms. The lowest BCUT2D eigenvalue weighted by molar-refractivity contribution is -0.132.